The molecule has 1 unspecified atom stereocenters. The Morgan fingerprint density at radius 2 is 1.44 bits per heavy atom. The highest BCUT2D eigenvalue weighted by molar-refractivity contribution is 5.93. The highest BCUT2D eigenvalue weighted by atomic mass is 16.1. The molecule has 16 heteroatoms. The van der Waals surface area contributed by atoms with Gasteiger partial charge in [0.1, 0.15) is 17.4 Å². The van der Waals surface area contributed by atoms with E-state index in [0.717, 1.165) is 0 Å². The summed E-state index contributed by atoms with van der Waals surface area (Å²) in [5, 5.41) is 39.2. The summed E-state index contributed by atoms with van der Waals surface area (Å²) in [6, 6.07) is 2.27. The van der Waals surface area contributed by atoms with Gasteiger partial charge in [0, 0.05) is 0 Å². The lowest BCUT2D eigenvalue weighted by atomic mass is 10.1. The molecule has 5 aromatic rings. The smallest absolute Gasteiger partial charge is 0.267 e. The molecule has 0 aliphatic heterocycles. The van der Waals surface area contributed by atoms with E-state index < -0.39 is 0 Å². The molecule has 0 N–H and O–H groups in total. The second-order valence-electron chi connectivity index (χ2n) is 7.29. The summed E-state index contributed by atoms with van der Waals surface area (Å²) in [6.07, 6.45) is 2.76. The van der Waals surface area contributed by atoms with Gasteiger partial charge in [-0.2, -0.15) is 4.80 Å². The molecule has 4 aromatic heterocycles. The van der Waals surface area contributed by atoms with Crippen molar-refractivity contribution in [2.24, 2.45) is 0 Å². The lowest BCUT2D eigenvalue weighted by molar-refractivity contribution is 0.354. The molecule has 5 rings (SSSR count). The van der Waals surface area contributed by atoms with Crippen molar-refractivity contribution < 1.29 is 0 Å². The van der Waals surface area contributed by atoms with Crippen LogP contribution < -0.4 is 11.1 Å². The standard InChI is InChI=1S/C16H16N14O2/c1-9(5-27-8-18-22-26-27)29-15(31)11-3-14-12(4-13(11)20-24-29)16(32)30(25-21-14)10(2)6-28-19-7-17-23-28/h3-4,7-10H,5-6H2,1-2H3/t9-,10?/m1/s1. The molecule has 2 atom stereocenters. The molecule has 162 valence electrons. The van der Waals surface area contributed by atoms with Gasteiger partial charge in [0.25, 0.3) is 11.1 Å². The summed E-state index contributed by atoms with van der Waals surface area (Å²) < 4.78 is 3.98. The predicted octanol–water partition coefficient (Wildman–Crippen LogP) is -1.61. The van der Waals surface area contributed by atoms with Gasteiger partial charge in [-0.15, -0.1) is 25.5 Å². The van der Waals surface area contributed by atoms with E-state index in [0.29, 0.717) is 6.54 Å². The zero-order valence-electron chi connectivity index (χ0n) is 17.0. The van der Waals surface area contributed by atoms with Crippen LogP contribution in [0.25, 0.3) is 21.8 Å². The van der Waals surface area contributed by atoms with Gasteiger partial charge in [-0.25, -0.2) is 14.0 Å². The van der Waals surface area contributed by atoms with Gasteiger partial charge in [0.2, 0.25) is 0 Å². The number of benzene rings is 1. The highest BCUT2D eigenvalue weighted by Crippen LogP contribution is 2.15. The molecular weight excluding hydrogens is 420 g/mol. The van der Waals surface area contributed by atoms with Crippen LogP contribution in [-0.4, -0.2) is 70.4 Å². The molecule has 32 heavy (non-hydrogen) atoms. The Hall–Kier alpha value is -4.50. The Morgan fingerprint density at radius 3 is 1.97 bits per heavy atom. The Bertz CT molecular complexity index is 1390. The number of hydrogen-bond acceptors (Lipinski definition) is 12. The Kier molecular flexibility index (Phi) is 4.65. The molecule has 0 saturated carbocycles. The molecular formula is C16H16N14O2. The summed E-state index contributed by atoms with van der Waals surface area (Å²) in [7, 11) is 0. The summed E-state index contributed by atoms with van der Waals surface area (Å²) >= 11 is 0. The third-order valence-corrected chi connectivity index (χ3v) is 4.99. The largest absolute Gasteiger partial charge is 0.277 e. The normalized spacial score (nSPS) is 13.6. The van der Waals surface area contributed by atoms with Gasteiger partial charge in [0.05, 0.1) is 35.9 Å². The van der Waals surface area contributed by atoms with Crippen molar-refractivity contribution >= 4 is 21.8 Å². The summed E-state index contributed by atoms with van der Waals surface area (Å²) in [6.45, 7) is 4.21. The van der Waals surface area contributed by atoms with E-state index in [2.05, 4.69) is 51.6 Å². The zero-order chi connectivity index (χ0) is 22.2. The van der Waals surface area contributed by atoms with Gasteiger partial charge in [-0.1, -0.05) is 10.4 Å². The number of aromatic nitrogens is 14. The maximum atomic E-state index is 13.0. The third-order valence-electron chi connectivity index (χ3n) is 4.99. The van der Waals surface area contributed by atoms with Crippen LogP contribution in [0, 0.1) is 0 Å². The van der Waals surface area contributed by atoms with Crippen molar-refractivity contribution in [3.05, 3.63) is 45.5 Å². The Morgan fingerprint density at radius 1 is 0.812 bits per heavy atom. The Balaban J connectivity index is 1.54. The summed E-state index contributed by atoms with van der Waals surface area (Å²) in [5.41, 5.74) is -0.165. The van der Waals surface area contributed by atoms with E-state index in [-0.39, 0.29) is 51.6 Å². The topological polar surface area (TPSA) is 183 Å². The molecule has 0 aliphatic rings. The van der Waals surface area contributed by atoms with Crippen molar-refractivity contribution in [3.63, 3.8) is 0 Å². The van der Waals surface area contributed by atoms with Gasteiger partial charge < -0.3 is 0 Å². The quantitative estimate of drug-likeness (QED) is 0.278. The van der Waals surface area contributed by atoms with Crippen LogP contribution in [0.2, 0.25) is 0 Å². The first-order valence-electron chi connectivity index (χ1n) is 9.61. The highest BCUT2D eigenvalue weighted by Gasteiger charge is 2.17. The monoisotopic (exact) mass is 436 g/mol. The average Bonchev–Trinajstić information content (AvgIpc) is 3.48. The maximum Gasteiger partial charge on any atom is 0.277 e. The van der Waals surface area contributed by atoms with Crippen LogP contribution in [0.3, 0.4) is 0 Å². The van der Waals surface area contributed by atoms with Gasteiger partial charge in [-0.3, -0.25) is 9.59 Å². The molecule has 1 aromatic carbocycles. The van der Waals surface area contributed by atoms with E-state index in [1.807, 2.05) is 0 Å². The summed E-state index contributed by atoms with van der Waals surface area (Å²) in [5.74, 6) is 0. The van der Waals surface area contributed by atoms with E-state index in [4.69, 9.17) is 0 Å². The van der Waals surface area contributed by atoms with Crippen molar-refractivity contribution in [1.82, 2.24) is 70.4 Å². The van der Waals surface area contributed by atoms with Crippen LogP contribution in [0.5, 0.6) is 0 Å². The molecule has 0 spiro atoms. The minimum Gasteiger partial charge on any atom is -0.267 e. The zero-order valence-corrected chi connectivity index (χ0v) is 17.0. The first-order valence-corrected chi connectivity index (χ1v) is 9.61. The van der Waals surface area contributed by atoms with Crippen molar-refractivity contribution in [2.45, 2.75) is 39.0 Å². The van der Waals surface area contributed by atoms with Crippen LogP contribution in [-0.2, 0) is 13.1 Å². The number of tetrazole rings is 2. The van der Waals surface area contributed by atoms with Crippen LogP contribution >= 0.6 is 0 Å². The Labute approximate surface area is 177 Å². The average molecular weight is 436 g/mol. The first kappa shape index (κ1) is 19.5. The second-order valence-corrected chi connectivity index (χ2v) is 7.29. The van der Waals surface area contributed by atoms with E-state index in [9.17, 15) is 9.59 Å². The fourth-order valence-corrected chi connectivity index (χ4v) is 3.38. The van der Waals surface area contributed by atoms with Crippen molar-refractivity contribution in [2.75, 3.05) is 0 Å². The van der Waals surface area contributed by atoms with E-state index >= 15 is 0 Å². The molecule has 0 radical (unpaired) electrons. The number of fused-ring (bicyclic) bond motifs is 2. The lowest BCUT2D eigenvalue weighted by Gasteiger charge is -2.14. The molecule has 0 amide bonds. The third kappa shape index (κ3) is 3.36. The molecule has 0 fully saturated rings. The van der Waals surface area contributed by atoms with Gasteiger partial charge in [0.15, 0.2) is 6.33 Å². The van der Waals surface area contributed by atoms with Crippen LogP contribution in [0.15, 0.2) is 34.4 Å². The van der Waals surface area contributed by atoms with Crippen LogP contribution in [0.1, 0.15) is 25.9 Å². The van der Waals surface area contributed by atoms with E-state index in [1.165, 1.54) is 43.6 Å². The maximum absolute atomic E-state index is 13.0. The number of rotatable bonds is 6. The summed E-state index contributed by atoms with van der Waals surface area (Å²) in [4.78, 5) is 27.4. The second kappa shape index (κ2) is 7.64. The van der Waals surface area contributed by atoms with E-state index in [1.54, 1.807) is 13.8 Å². The molecule has 16 nitrogen and oxygen atoms in total. The fourth-order valence-electron chi connectivity index (χ4n) is 3.38. The SMILES string of the molecule is CC(Cn1ncnn1)n1nnc2cc3c(=O)n([C@H](C)Cn4cnnn4)nnc3cc2c1=O. The molecule has 0 saturated heterocycles. The molecule has 0 bridgehead atoms. The van der Waals surface area contributed by atoms with Crippen LogP contribution in [0.4, 0.5) is 0 Å². The number of nitrogens with zero attached hydrogens (tertiary/aromatic N) is 14. The molecule has 0 aliphatic carbocycles. The fraction of sp³-hybridized carbons (Fsp3) is 0.375. The minimum atomic E-state index is -0.379. The lowest BCUT2D eigenvalue weighted by Crippen LogP contribution is -2.31. The van der Waals surface area contributed by atoms with Gasteiger partial charge >= 0.3 is 0 Å². The molecule has 4 heterocycles. The number of hydrogen-bond donors (Lipinski definition) is 0. The van der Waals surface area contributed by atoms with Crippen molar-refractivity contribution in [1.29, 1.82) is 0 Å². The van der Waals surface area contributed by atoms with Gasteiger partial charge in [-0.05, 0) is 41.6 Å². The predicted molar refractivity (Wildman–Crippen MR) is 106 cm³/mol. The van der Waals surface area contributed by atoms with Crippen molar-refractivity contribution in [3.8, 4) is 0 Å². The minimum absolute atomic E-state index is 0.277. The first-order chi connectivity index (χ1) is 15.5.